The minimum Gasteiger partial charge on any atom is -0.338 e. The fourth-order valence-electron chi connectivity index (χ4n) is 3.65. The summed E-state index contributed by atoms with van der Waals surface area (Å²) in [5.41, 5.74) is 1.33. The predicted octanol–water partition coefficient (Wildman–Crippen LogP) is 6.48. The molecule has 0 aliphatic heterocycles. The van der Waals surface area contributed by atoms with Crippen LogP contribution in [0.2, 0.25) is 5.02 Å². The lowest BCUT2D eigenvalue weighted by Gasteiger charge is -2.25. The molecule has 204 valence electrons. The van der Waals surface area contributed by atoms with E-state index in [2.05, 4.69) is 11.3 Å². The molecule has 38 heavy (non-hydrogen) atoms. The van der Waals surface area contributed by atoms with Crippen molar-refractivity contribution in [2.45, 2.75) is 43.8 Å². The third kappa shape index (κ3) is 8.42. The molecule has 0 bridgehead atoms. The molecule has 3 rings (SSSR count). The zero-order chi connectivity index (χ0) is 27.9. The van der Waals surface area contributed by atoms with E-state index >= 15 is 0 Å². The molecule has 5 nitrogen and oxygen atoms in total. The second-order valence-electron chi connectivity index (χ2n) is 8.74. The standard InChI is InChI=1S/C27H28ClF3N2O3S2/c1-3-19(2)16-32-38(35,36)24-7-4-20(5-8-24)10-12-33(26(34)14-21-11-13-37-18-21)17-22-15-23(28)6-9-25(22)27(29,30)31/h4-9,11,13,15,18,32H,2-3,10,12,14,16-17H2,1H3. The molecule has 0 spiro atoms. The van der Waals surface area contributed by atoms with Crippen molar-refractivity contribution in [2.75, 3.05) is 13.1 Å². The summed E-state index contributed by atoms with van der Waals surface area (Å²) in [6.07, 6.45) is -3.57. The molecule has 1 heterocycles. The molecule has 0 aliphatic carbocycles. The Morgan fingerprint density at radius 1 is 1.11 bits per heavy atom. The van der Waals surface area contributed by atoms with Gasteiger partial charge in [0, 0.05) is 24.7 Å². The summed E-state index contributed by atoms with van der Waals surface area (Å²) in [5, 5.41) is 3.79. The summed E-state index contributed by atoms with van der Waals surface area (Å²) in [6.45, 7) is 5.68. The van der Waals surface area contributed by atoms with Gasteiger partial charge in [-0.05, 0) is 76.7 Å². The lowest BCUT2D eigenvalue weighted by molar-refractivity contribution is -0.139. The molecule has 3 aromatic rings. The lowest BCUT2D eigenvalue weighted by Crippen LogP contribution is -2.34. The van der Waals surface area contributed by atoms with Gasteiger partial charge < -0.3 is 4.90 Å². The molecule has 0 saturated carbocycles. The molecule has 0 atom stereocenters. The number of hydrogen-bond acceptors (Lipinski definition) is 4. The van der Waals surface area contributed by atoms with Crippen LogP contribution in [0.15, 0.2) is 76.3 Å². The molecular weight excluding hydrogens is 557 g/mol. The normalized spacial score (nSPS) is 11.9. The number of carbonyl (C=O) groups is 1. The number of rotatable bonds is 12. The second kappa shape index (κ2) is 12.9. The van der Waals surface area contributed by atoms with Crippen LogP contribution in [0, 0.1) is 0 Å². The molecule has 0 radical (unpaired) electrons. The molecular formula is C27H28ClF3N2O3S2. The zero-order valence-corrected chi connectivity index (χ0v) is 23.1. The van der Waals surface area contributed by atoms with Crippen LogP contribution in [0.3, 0.4) is 0 Å². The van der Waals surface area contributed by atoms with Crippen LogP contribution in [0.25, 0.3) is 0 Å². The number of alkyl halides is 3. The molecule has 0 unspecified atom stereocenters. The average molecular weight is 585 g/mol. The highest BCUT2D eigenvalue weighted by Gasteiger charge is 2.34. The molecule has 2 aromatic carbocycles. The fourth-order valence-corrected chi connectivity index (χ4v) is 5.57. The van der Waals surface area contributed by atoms with Crippen LogP contribution in [0.5, 0.6) is 0 Å². The Labute approximate surface area is 230 Å². The number of benzene rings is 2. The Hall–Kier alpha value is -2.66. The third-order valence-electron chi connectivity index (χ3n) is 5.94. The van der Waals surface area contributed by atoms with E-state index in [4.69, 9.17) is 11.6 Å². The first-order valence-electron chi connectivity index (χ1n) is 11.8. The molecule has 11 heteroatoms. The van der Waals surface area contributed by atoms with E-state index in [0.29, 0.717) is 12.8 Å². The SMILES string of the molecule is C=C(CC)CNS(=O)(=O)c1ccc(CCN(Cc2cc(Cl)ccc2C(F)(F)F)C(=O)Cc2ccsc2)cc1. The topological polar surface area (TPSA) is 66.5 Å². The lowest BCUT2D eigenvalue weighted by atomic mass is 10.1. The predicted molar refractivity (Wildman–Crippen MR) is 145 cm³/mol. The van der Waals surface area contributed by atoms with Crippen LogP contribution >= 0.6 is 22.9 Å². The Balaban J connectivity index is 1.78. The first-order chi connectivity index (χ1) is 17.9. The number of sulfonamides is 1. The van der Waals surface area contributed by atoms with Crippen molar-refractivity contribution >= 4 is 38.9 Å². The molecule has 1 N–H and O–H groups in total. The highest BCUT2D eigenvalue weighted by molar-refractivity contribution is 7.89. The highest BCUT2D eigenvalue weighted by Crippen LogP contribution is 2.34. The van der Waals surface area contributed by atoms with Crippen molar-refractivity contribution in [1.29, 1.82) is 0 Å². The van der Waals surface area contributed by atoms with E-state index in [1.807, 2.05) is 17.7 Å². The Kier molecular flexibility index (Phi) is 10.2. The first kappa shape index (κ1) is 29.9. The number of nitrogens with one attached hydrogen (secondary N) is 1. The number of nitrogens with zero attached hydrogens (tertiary/aromatic N) is 1. The number of thiophene rings is 1. The molecule has 1 aromatic heterocycles. The van der Waals surface area contributed by atoms with Crippen LogP contribution in [0.4, 0.5) is 13.2 Å². The minimum atomic E-state index is -4.60. The monoisotopic (exact) mass is 584 g/mol. The Morgan fingerprint density at radius 3 is 2.42 bits per heavy atom. The van der Waals surface area contributed by atoms with E-state index in [0.717, 1.165) is 22.8 Å². The van der Waals surface area contributed by atoms with Crippen LogP contribution in [0.1, 0.15) is 35.6 Å². The maximum Gasteiger partial charge on any atom is 0.416 e. The molecule has 1 amide bonds. The van der Waals surface area contributed by atoms with Gasteiger partial charge in [-0.25, -0.2) is 13.1 Å². The number of amides is 1. The third-order valence-corrected chi connectivity index (χ3v) is 8.32. The number of carbonyl (C=O) groups excluding carboxylic acids is 1. The summed E-state index contributed by atoms with van der Waals surface area (Å²) in [7, 11) is -3.71. The zero-order valence-electron chi connectivity index (χ0n) is 20.7. The molecule has 0 saturated heterocycles. The van der Waals surface area contributed by atoms with Gasteiger partial charge in [0.1, 0.15) is 0 Å². The van der Waals surface area contributed by atoms with E-state index in [-0.39, 0.29) is 47.4 Å². The van der Waals surface area contributed by atoms with Gasteiger partial charge in [0.15, 0.2) is 0 Å². The molecule has 0 fully saturated rings. The van der Waals surface area contributed by atoms with Crippen molar-refractivity contribution in [1.82, 2.24) is 9.62 Å². The van der Waals surface area contributed by atoms with Crippen molar-refractivity contribution in [3.63, 3.8) is 0 Å². The summed E-state index contributed by atoms with van der Waals surface area (Å²) in [4.78, 5) is 14.6. The van der Waals surface area contributed by atoms with Crippen LogP contribution in [-0.4, -0.2) is 32.3 Å². The highest BCUT2D eigenvalue weighted by atomic mass is 35.5. The maximum atomic E-state index is 13.6. The van der Waals surface area contributed by atoms with Gasteiger partial charge in [-0.1, -0.05) is 42.8 Å². The summed E-state index contributed by atoms with van der Waals surface area (Å²) in [5.74, 6) is -0.323. The Bertz CT molecular complexity index is 1360. The number of halogens is 4. The van der Waals surface area contributed by atoms with Crippen molar-refractivity contribution in [3.8, 4) is 0 Å². The van der Waals surface area contributed by atoms with E-state index < -0.39 is 21.8 Å². The van der Waals surface area contributed by atoms with Crippen molar-refractivity contribution in [3.05, 3.63) is 98.7 Å². The van der Waals surface area contributed by atoms with Crippen LogP contribution < -0.4 is 4.72 Å². The average Bonchev–Trinajstić information content (AvgIpc) is 3.37. The smallest absolute Gasteiger partial charge is 0.338 e. The van der Waals surface area contributed by atoms with Gasteiger partial charge in [0.05, 0.1) is 16.9 Å². The fraction of sp³-hybridized carbons (Fsp3) is 0.296. The minimum absolute atomic E-state index is 0.0529. The van der Waals surface area contributed by atoms with Crippen molar-refractivity contribution in [2.24, 2.45) is 0 Å². The first-order valence-corrected chi connectivity index (χ1v) is 14.6. The summed E-state index contributed by atoms with van der Waals surface area (Å²) in [6, 6.07) is 11.3. The quantitative estimate of drug-likeness (QED) is 0.248. The van der Waals surface area contributed by atoms with E-state index in [1.54, 1.807) is 18.2 Å². The largest absolute Gasteiger partial charge is 0.416 e. The van der Waals surface area contributed by atoms with Gasteiger partial charge in [-0.2, -0.15) is 24.5 Å². The van der Waals surface area contributed by atoms with Crippen molar-refractivity contribution < 1.29 is 26.4 Å². The van der Waals surface area contributed by atoms with Gasteiger partial charge in [-0.3, -0.25) is 4.79 Å². The van der Waals surface area contributed by atoms with E-state index in [9.17, 15) is 26.4 Å². The number of hydrogen-bond donors (Lipinski definition) is 1. The van der Waals surface area contributed by atoms with Gasteiger partial charge in [0.2, 0.25) is 15.9 Å². The van der Waals surface area contributed by atoms with E-state index in [1.165, 1.54) is 40.5 Å². The Morgan fingerprint density at radius 2 is 1.82 bits per heavy atom. The van der Waals surface area contributed by atoms with Gasteiger partial charge >= 0.3 is 6.18 Å². The van der Waals surface area contributed by atoms with Gasteiger partial charge in [0.25, 0.3) is 0 Å². The summed E-state index contributed by atoms with van der Waals surface area (Å²) >= 11 is 7.42. The van der Waals surface area contributed by atoms with Crippen LogP contribution in [-0.2, 0) is 40.4 Å². The molecule has 0 aliphatic rings. The van der Waals surface area contributed by atoms with Gasteiger partial charge in [-0.15, -0.1) is 0 Å². The second-order valence-corrected chi connectivity index (χ2v) is 11.7. The summed E-state index contributed by atoms with van der Waals surface area (Å²) < 4.78 is 68.4. The maximum absolute atomic E-state index is 13.6.